The van der Waals surface area contributed by atoms with Crippen molar-refractivity contribution in [2.75, 3.05) is 33.4 Å². The maximum absolute atomic E-state index is 9.52. The molecule has 1 saturated heterocycles. The van der Waals surface area contributed by atoms with E-state index in [4.69, 9.17) is 9.47 Å². The van der Waals surface area contributed by atoms with Gasteiger partial charge in [0.2, 0.25) is 0 Å². The number of rotatable bonds is 4. The number of morpholine rings is 1. The first-order valence-corrected chi connectivity index (χ1v) is 6.78. The molecule has 1 aliphatic heterocycles. The lowest BCUT2D eigenvalue weighted by Crippen LogP contribution is -2.43. The van der Waals surface area contributed by atoms with E-state index in [1.165, 1.54) is 0 Å². The first-order valence-electron chi connectivity index (χ1n) is 5.99. The number of hydrogen-bond acceptors (Lipinski definition) is 4. The molecule has 1 N–H and O–H groups in total. The van der Waals surface area contributed by atoms with Crippen molar-refractivity contribution in [2.24, 2.45) is 0 Å². The third-order valence-electron chi connectivity index (χ3n) is 3.00. The Balaban J connectivity index is 1.98. The number of benzene rings is 1. The number of methoxy groups -OCH3 is 1. The molecule has 0 bridgehead atoms. The van der Waals surface area contributed by atoms with Gasteiger partial charge in [0.25, 0.3) is 0 Å². The van der Waals surface area contributed by atoms with Crippen LogP contribution in [0.25, 0.3) is 0 Å². The molecule has 4 nitrogen and oxygen atoms in total. The minimum absolute atomic E-state index is 0.139. The van der Waals surface area contributed by atoms with Crippen LogP contribution < -0.4 is 0 Å². The quantitative estimate of drug-likeness (QED) is 0.923. The lowest BCUT2D eigenvalue weighted by Gasteiger charge is -2.32. The second-order valence-corrected chi connectivity index (χ2v) is 5.31. The summed E-state index contributed by atoms with van der Waals surface area (Å²) < 4.78 is 11.8. The molecule has 1 heterocycles. The van der Waals surface area contributed by atoms with E-state index in [1.807, 2.05) is 6.07 Å². The summed E-state index contributed by atoms with van der Waals surface area (Å²) in [6, 6.07) is 5.35. The molecule has 0 spiro atoms. The molecule has 0 aliphatic carbocycles. The minimum Gasteiger partial charge on any atom is -0.508 e. The average molecular weight is 316 g/mol. The highest BCUT2D eigenvalue weighted by atomic mass is 79.9. The van der Waals surface area contributed by atoms with E-state index in [9.17, 15) is 5.11 Å². The molecule has 1 atom stereocenters. The van der Waals surface area contributed by atoms with Crippen LogP contribution in [0.1, 0.15) is 5.56 Å². The van der Waals surface area contributed by atoms with Crippen LogP contribution >= 0.6 is 15.9 Å². The SMILES string of the molecule is COCC1CN(Cc2cc(O)ccc2Br)CCO1. The van der Waals surface area contributed by atoms with E-state index in [0.717, 1.165) is 36.3 Å². The minimum atomic E-state index is 0.139. The Kier molecular flexibility index (Phi) is 5.00. The van der Waals surface area contributed by atoms with Gasteiger partial charge in [0.1, 0.15) is 5.75 Å². The maximum Gasteiger partial charge on any atom is 0.115 e. The van der Waals surface area contributed by atoms with Crippen LogP contribution in [0.2, 0.25) is 0 Å². The third kappa shape index (κ3) is 3.68. The molecule has 100 valence electrons. The molecule has 0 saturated carbocycles. The molecule has 0 aromatic heterocycles. The number of phenolic OH excluding ortho intramolecular Hbond substituents is 1. The van der Waals surface area contributed by atoms with Gasteiger partial charge < -0.3 is 14.6 Å². The van der Waals surface area contributed by atoms with Crippen LogP contribution in [0.5, 0.6) is 5.75 Å². The van der Waals surface area contributed by atoms with Gasteiger partial charge in [-0.25, -0.2) is 0 Å². The van der Waals surface area contributed by atoms with Crippen molar-refractivity contribution in [1.29, 1.82) is 0 Å². The molecular weight excluding hydrogens is 298 g/mol. The summed E-state index contributed by atoms with van der Waals surface area (Å²) in [5, 5.41) is 9.52. The lowest BCUT2D eigenvalue weighted by atomic mass is 10.2. The first kappa shape index (κ1) is 13.8. The van der Waals surface area contributed by atoms with E-state index in [0.29, 0.717) is 12.4 Å². The van der Waals surface area contributed by atoms with Gasteiger partial charge in [0.05, 0.1) is 19.3 Å². The van der Waals surface area contributed by atoms with Crippen molar-refractivity contribution in [3.8, 4) is 5.75 Å². The number of nitrogens with zero attached hydrogens (tertiary/aromatic N) is 1. The van der Waals surface area contributed by atoms with Crippen molar-refractivity contribution in [3.63, 3.8) is 0 Å². The van der Waals surface area contributed by atoms with Crippen molar-refractivity contribution < 1.29 is 14.6 Å². The van der Waals surface area contributed by atoms with Crippen LogP contribution in [0.15, 0.2) is 22.7 Å². The third-order valence-corrected chi connectivity index (χ3v) is 3.77. The van der Waals surface area contributed by atoms with Crippen molar-refractivity contribution in [1.82, 2.24) is 4.90 Å². The Labute approximate surface area is 116 Å². The zero-order valence-corrected chi connectivity index (χ0v) is 12.0. The summed E-state index contributed by atoms with van der Waals surface area (Å²) in [4.78, 5) is 2.31. The fourth-order valence-electron chi connectivity index (χ4n) is 2.13. The summed E-state index contributed by atoms with van der Waals surface area (Å²) in [7, 11) is 1.69. The number of phenols is 1. The molecule has 1 aliphatic rings. The predicted octanol–water partition coefficient (Wildman–Crippen LogP) is 2.00. The van der Waals surface area contributed by atoms with Gasteiger partial charge in [-0.1, -0.05) is 15.9 Å². The Morgan fingerprint density at radius 2 is 2.39 bits per heavy atom. The fourth-order valence-corrected chi connectivity index (χ4v) is 2.51. The van der Waals surface area contributed by atoms with Gasteiger partial charge in [-0.3, -0.25) is 4.90 Å². The van der Waals surface area contributed by atoms with Crippen LogP contribution in [0.3, 0.4) is 0 Å². The van der Waals surface area contributed by atoms with Gasteiger partial charge >= 0.3 is 0 Å². The van der Waals surface area contributed by atoms with Gasteiger partial charge in [-0.05, 0) is 23.8 Å². The molecule has 0 radical (unpaired) electrons. The summed E-state index contributed by atoms with van der Waals surface area (Å²) in [6.07, 6.45) is 0.139. The topological polar surface area (TPSA) is 41.9 Å². The smallest absolute Gasteiger partial charge is 0.115 e. The Morgan fingerprint density at radius 1 is 1.56 bits per heavy atom. The highest BCUT2D eigenvalue weighted by molar-refractivity contribution is 9.10. The normalized spacial score (nSPS) is 21.1. The average Bonchev–Trinajstić information content (AvgIpc) is 2.35. The van der Waals surface area contributed by atoms with E-state index in [2.05, 4.69) is 20.8 Å². The van der Waals surface area contributed by atoms with Gasteiger partial charge in [0.15, 0.2) is 0 Å². The van der Waals surface area contributed by atoms with E-state index < -0.39 is 0 Å². The standard InChI is InChI=1S/C13H18BrNO3/c1-17-9-12-8-15(4-5-18-12)7-10-6-11(16)2-3-13(10)14/h2-3,6,12,16H,4-5,7-9H2,1H3. The van der Waals surface area contributed by atoms with Crippen molar-refractivity contribution in [3.05, 3.63) is 28.2 Å². The second kappa shape index (κ2) is 6.52. The summed E-state index contributed by atoms with van der Waals surface area (Å²) in [6.45, 7) is 3.92. The highest BCUT2D eigenvalue weighted by Gasteiger charge is 2.20. The molecule has 1 fully saturated rings. The number of ether oxygens (including phenoxy) is 2. The van der Waals surface area contributed by atoms with Crippen LogP contribution in [0.4, 0.5) is 0 Å². The number of halogens is 1. The Bertz CT molecular complexity index is 398. The fraction of sp³-hybridized carbons (Fsp3) is 0.538. The van der Waals surface area contributed by atoms with Crippen LogP contribution in [0, 0.1) is 0 Å². The zero-order valence-electron chi connectivity index (χ0n) is 10.4. The lowest BCUT2D eigenvalue weighted by molar-refractivity contribution is -0.0631. The summed E-state index contributed by atoms with van der Waals surface area (Å²) in [5.41, 5.74) is 1.09. The van der Waals surface area contributed by atoms with E-state index in [1.54, 1.807) is 19.2 Å². The maximum atomic E-state index is 9.52. The van der Waals surface area contributed by atoms with Crippen molar-refractivity contribution in [2.45, 2.75) is 12.6 Å². The molecule has 5 heteroatoms. The molecule has 1 aromatic rings. The van der Waals surface area contributed by atoms with Gasteiger partial charge in [-0.2, -0.15) is 0 Å². The molecular formula is C13H18BrNO3. The first-order chi connectivity index (χ1) is 8.69. The number of hydrogen-bond donors (Lipinski definition) is 1. The molecule has 2 rings (SSSR count). The predicted molar refractivity (Wildman–Crippen MR) is 72.7 cm³/mol. The van der Waals surface area contributed by atoms with Gasteiger partial charge in [0, 0.05) is 31.2 Å². The van der Waals surface area contributed by atoms with Gasteiger partial charge in [-0.15, -0.1) is 0 Å². The highest BCUT2D eigenvalue weighted by Crippen LogP contribution is 2.23. The zero-order chi connectivity index (χ0) is 13.0. The number of aromatic hydroxyl groups is 1. The molecule has 18 heavy (non-hydrogen) atoms. The van der Waals surface area contributed by atoms with E-state index >= 15 is 0 Å². The Hall–Kier alpha value is -0.620. The second-order valence-electron chi connectivity index (χ2n) is 4.46. The largest absolute Gasteiger partial charge is 0.508 e. The molecule has 0 amide bonds. The molecule has 1 aromatic carbocycles. The Morgan fingerprint density at radius 3 is 3.17 bits per heavy atom. The summed E-state index contributed by atoms with van der Waals surface area (Å²) in [5.74, 6) is 0.301. The van der Waals surface area contributed by atoms with Crippen LogP contribution in [-0.2, 0) is 16.0 Å². The molecule has 1 unspecified atom stereocenters. The van der Waals surface area contributed by atoms with E-state index in [-0.39, 0.29) is 6.10 Å². The summed E-state index contributed by atoms with van der Waals surface area (Å²) >= 11 is 3.51. The van der Waals surface area contributed by atoms with Crippen LogP contribution in [-0.4, -0.2) is 49.5 Å². The monoisotopic (exact) mass is 315 g/mol. The van der Waals surface area contributed by atoms with Crippen molar-refractivity contribution >= 4 is 15.9 Å².